The van der Waals surface area contributed by atoms with Crippen LogP contribution in [0.3, 0.4) is 0 Å². The van der Waals surface area contributed by atoms with Crippen LogP contribution in [0.25, 0.3) is 272 Å². The summed E-state index contributed by atoms with van der Waals surface area (Å²) in [7, 11) is 0. The quantitative estimate of drug-likeness (QED) is 0.114. The monoisotopic (exact) mass is 1750 g/mol. The van der Waals surface area contributed by atoms with E-state index in [1.165, 1.54) is 98.6 Å². The summed E-state index contributed by atoms with van der Waals surface area (Å²) in [6, 6.07) is 150. The van der Waals surface area contributed by atoms with Crippen molar-refractivity contribution in [2.24, 2.45) is 0 Å². The first-order valence-electron chi connectivity index (χ1n) is 44.7. The van der Waals surface area contributed by atoms with Gasteiger partial charge in [0, 0.05) is 144 Å². The number of nitrogens with zero attached hydrogens (tertiary/aromatic N) is 10. The highest BCUT2D eigenvalue weighted by Crippen LogP contribution is 2.50. The normalized spacial score (nSPS) is 12.1. The van der Waals surface area contributed by atoms with E-state index in [0.29, 0.717) is 17.8 Å². The van der Waals surface area contributed by atoms with E-state index in [-0.39, 0.29) is 0 Å². The van der Waals surface area contributed by atoms with Gasteiger partial charge >= 0.3 is 0 Å². The number of benzene rings is 18. The van der Waals surface area contributed by atoms with Crippen molar-refractivity contribution in [2.75, 3.05) is 0 Å². The van der Waals surface area contributed by atoms with Gasteiger partial charge < -0.3 is 4.57 Å². The van der Waals surface area contributed by atoms with E-state index in [1.807, 2.05) is 58.5 Å². The number of hydrogen-bond acceptors (Lipinski definition) is 9. The lowest BCUT2D eigenvalue weighted by atomic mass is 9.98. The van der Waals surface area contributed by atoms with Gasteiger partial charge in [0.1, 0.15) is 0 Å². The molecule has 13 heteroatoms. The van der Waals surface area contributed by atoms with Gasteiger partial charge in [-0.2, -0.15) is 0 Å². The first-order valence-corrected chi connectivity index (χ1v) is 47.2. The first-order chi connectivity index (χ1) is 65.9. The maximum absolute atomic E-state index is 5.68. The van der Waals surface area contributed by atoms with E-state index < -0.39 is 0 Å². The largest absolute Gasteiger partial charge is 0.309 e. The van der Waals surface area contributed by atoms with Gasteiger partial charge in [0.2, 0.25) is 17.8 Å². The molecule has 0 amide bonds. The molecule has 0 atom stereocenters. The number of para-hydroxylation sites is 2. The van der Waals surface area contributed by atoms with Crippen molar-refractivity contribution in [3.05, 3.63) is 425 Å². The molecule has 0 aliphatic heterocycles. The van der Waals surface area contributed by atoms with E-state index in [1.54, 1.807) is 0 Å². The summed E-state index contributed by atoms with van der Waals surface area (Å²) < 4.78 is 16.7. The molecule has 28 rings (SSSR count). The highest BCUT2D eigenvalue weighted by molar-refractivity contribution is 7.27. The molecule has 0 N–H and O–H groups in total. The number of hydrogen-bond donors (Lipinski definition) is 0. The predicted molar refractivity (Wildman–Crippen MR) is 558 cm³/mol. The molecule has 10 heterocycles. The van der Waals surface area contributed by atoms with Gasteiger partial charge in [-0.15, -0.1) is 34.0 Å². The van der Waals surface area contributed by atoms with Crippen molar-refractivity contribution in [1.82, 2.24) is 48.2 Å². The van der Waals surface area contributed by atoms with Crippen LogP contribution < -0.4 is 0 Å². The highest BCUT2D eigenvalue weighted by Gasteiger charge is 2.27. The minimum Gasteiger partial charge on any atom is -0.309 e. The molecule has 0 aliphatic carbocycles. The van der Waals surface area contributed by atoms with Gasteiger partial charge in [-0.25, -0.2) is 29.9 Å². The molecular formula is C120H70N10S3. The summed E-state index contributed by atoms with van der Waals surface area (Å²) >= 11 is 5.56. The molecular weight excluding hydrogens is 1680 g/mol. The van der Waals surface area contributed by atoms with E-state index >= 15 is 0 Å². The van der Waals surface area contributed by atoms with E-state index in [4.69, 9.17) is 29.9 Å². The van der Waals surface area contributed by atoms with Crippen LogP contribution in [-0.4, -0.2) is 48.2 Å². The molecule has 0 fully saturated rings. The Labute approximate surface area is 773 Å². The minimum atomic E-state index is 0.589. The Morgan fingerprint density at radius 3 is 1.11 bits per heavy atom. The van der Waals surface area contributed by atoms with Crippen molar-refractivity contribution in [2.45, 2.75) is 0 Å². The minimum absolute atomic E-state index is 0.589. The fourth-order valence-corrected chi connectivity index (χ4v) is 24.6. The zero-order valence-electron chi connectivity index (χ0n) is 71.1. The van der Waals surface area contributed by atoms with Crippen molar-refractivity contribution in [3.8, 4) is 124 Å². The van der Waals surface area contributed by atoms with Crippen LogP contribution in [0.1, 0.15) is 0 Å². The summed E-state index contributed by atoms with van der Waals surface area (Å²) in [5.41, 5.74) is 28.3. The number of aromatic nitrogens is 10. The van der Waals surface area contributed by atoms with Gasteiger partial charge in [-0.1, -0.05) is 291 Å². The Morgan fingerprint density at radius 2 is 0.511 bits per heavy atom. The summed E-state index contributed by atoms with van der Waals surface area (Å²) in [6.07, 6.45) is 3.80. The number of thiophene rings is 3. The molecule has 618 valence electrons. The first kappa shape index (κ1) is 75.1. The molecule has 18 aromatic carbocycles. The molecule has 0 saturated heterocycles. The summed E-state index contributed by atoms with van der Waals surface area (Å²) in [5.74, 6) is 1.82. The molecule has 10 aromatic heterocycles. The van der Waals surface area contributed by atoms with Gasteiger partial charge in [-0.3, -0.25) is 13.7 Å². The third-order valence-electron chi connectivity index (χ3n) is 27.0. The second kappa shape index (κ2) is 29.8. The van der Waals surface area contributed by atoms with Gasteiger partial charge in [0.15, 0.2) is 0 Å². The molecule has 10 nitrogen and oxygen atoms in total. The Morgan fingerprint density at radius 1 is 0.165 bits per heavy atom. The molecule has 0 saturated carbocycles. The molecule has 28 aromatic rings. The fraction of sp³-hybridized carbons (Fsp3) is 0. The summed E-state index contributed by atoms with van der Waals surface area (Å²) in [6.45, 7) is 0. The molecule has 0 spiro atoms. The molecule has 0 unspecified atom stereocenters. The van der Waals surface area contributed by atoms with Crippen LogP contribution >= 0.6 is 34.0 Å². The zero-order valence-corrected chi connectivity index (χ0v) is 73.6. The van der Waals surface area contributed by atoms with Crippen LogP contribution in [0.4, 0.5) is 0 Å². The lowest BCUT2D eigenvalue weighted by Crippen LogP contribution is -2.04. The molecule has 0 radical (unpaired) electrons. The highest BCUT2D eigenvalue weighted by atomic mass is 32.1. The Balaban J connectivity index is 0.517. The topological polar surface area (TPSA) is 97.1 Å². The summed E-state index contributed by atoms with van der Waals surface area (Å²) in [4.78, 5) is 32.4. The second-order valence-corrected chi connectivity index (χ2v) is 37.6. The third-order valence-corrected chi connectivity index (χ3v) is 30.6. The zero-order chi connectivity index (χ0) is 87.0. The Hall–Kier alpha value is -16.9. The van der Waals surface area contributed by atoms with Gasteiger partial charge in [-0.05, 0) is 177 Å². The molecule has 0 aliphatic rings. The van der Waals surface area contributed by atoms with Gasteiger partial charge in [0.05, 0.1) is 66.9 Å². The Kier molecular flexibility index (Phi) is 16.8. The summed E-state index contributed by atoms with van der Waals surface area (Å²) in [5, 5.41) is 16.8. The SMILES string of the molecule is c1ccc(-c2ccc(-c3cccc(-c4ccnc(-n5c6ccccc6c6c7sc8cc(-c9ccc%10c(c9)c9ccccc9n%10-c9cccc(-c%10ccnc(-n%11c%12ccc(-c%13cccc(-c%14cc(-c%15ccccc%15)nc(-n%15c%16cc(-c%17ccccc%17)ccc%16c%16c%17sc%18ccccc%18c%17ccc%16%15)n%14)c%13)cc%12c%12c%13sc%14ccccc%14c%13ccc%12%11)n%10)c9)ccc8c7ccc65)n4)c3)cc2)cc1. The average Bonchev–Trinajstić information content (AvgIpc) is 1.57. The van der Waals surface area contributed by atoms with Crippen molar-refractivity contribution in [3.63, 3.8) is 0 Å². The van der Waals surface area contributed by atoms with Crippen LogP contribution in [0.15, 0.2) is 425 Å². The van der Waals surface area contributed by atoms with E-state index in [2.05, 4.69) is 419 Å². The van der Waals surface area contributed by atoms with E-state index in [9.17, 15) is 0 Å². The van der Waals surface area contributed by atoms with Crippen LogP contribution in [-0.2, 0) is 0 Å². The maximum atomic E-state index is 5.68. The Bertz CT molecular complexity index is 9740. The van der Waals surface area contributed by atoms with Crippen LogP contribution in [0, 0.1) is 0 Å². The average molecular weight is 1750 g/mol. The maximum Gasteiger partial charge on any atom is 0.235 e. The van der Waals surface area contributed by atoms with Gasteiger partial charge in [0.25, 0.3) is 0 Å². The van der Waals surface area contributed by atoms with E-state index in [0.717, 1.165) is 156 Å². The second-order valence-electron chi connectivity index (χ2n) is 34.4. The van der Waals surface area contributed by atoms with Crippen LogP contribution in [0.2, 0.25) is 0 Å². The lowest BCUT2D eigenvalue weighted by Gasteiger charge is -2.13. The third kappa shape index (κ3) is 12.0. The molecule has 0 bridgehead atoms. The van der Waals surface area contributed by atoms with Crippen molar-refractivity contribution in [1.29, 1.82) is 0 Å². The van der Waals surface area contributed by atoms with Crippen LogP contribution in [0.5, 0.6) is 0 Å². The smallest absolute Gasteiger partial charge is 0.235 e. The van der Waals surface area contributed by atoms with Crippen molar-refractivity contribution < 1.29 is 0 Å². The predicted octanol–water partition coefficient (Wildman–Crippen LogP) is 32.6. The lowest BCUT2D eigenvalue weighted by molar-refractivity contribution is 0.992. The molecule has 133 heavy (non-hydrogen) atoms. The standard InChI is InChI=1S/C120H70N10S3/c1-4-21-71(22-5-1)73-41-43-74(44-42-73)76-27-18-29-82(63-76)97-59-61-121-118(123-97)128-102-38-15-11-36-93(102)112-105(128)56-53-92-89-49-45-81(69-111(89)133-116(92)112)78-47-54-103-95(66-78)86-33-10-14-37-101(86)127(103)85-32-20-31-84(65-85)98-60-62-122-119(124-98)129-104-55-48-79(67-96(104)114-107(129)58-52-91-88-35-13-17-40-110(88)132-117(91)114)77-28-19-30-83(64-77)100-70-99(75-25-8-3-9-26-75)125-120(126-100)130-106-57-51-90-87-34-12-16-39-109(87)131-115(90)113(106)94-50-46-80(68-108(94)130)72-23-6-2-7-24-72/h1-70H. The van der Waals surface area contributed by atoms with Crippen molar-refractivity contribution >= 4 is 182 Å². The number of rotatable bonds is 13. The number of fused-ring (bicyclic) bond motifs is 24. The fourth-order valence-electron chi connectivity index (χ4n) is 20.8.